The van der Waals surface area contributed by atoms with Crippen LogP contribution in [0.3, 0.4) is 0 Å². The van der Waals surface area contributed by atoms with Crippen LogP contribution in [0.15, 0.2) is 0 Å². The number of amides is 5. The van der Waals surface area contributed by atoms with Crippen LogP contribution in [0.1, 0.15) is 91.4 Å². The number of rotatable bonds is 26. The third-order valence-corrected chi connectivity index (χ3v) is 7.17. The summed E-state index contributed by atoms with van der Waals surface area (Å²) < 4.78 is 98.9. The number of ketones is 3. The maximum Gasteiger partial charge on any atom is 0.451 e. The van der Waals surface area contributed by atoms with E-state index in [1.165, 1.54) is 13.8 Å². The molecular formula is C32H48F7N5O12. The summed E-state index contributed by atoms with van der Waals surface area (Å²) in [5.41, 5.74) is 0. The van der Waals surface area contributed by atoms with Crippen LogP contribution in [0.25, 0.3) is 0 Å². The van der Waals surface area contributed by atoms with E-state index in [1.807, 2.05) is 0 Å². The lowest BCUT2D eigenvalue weighted by Crippen LogP contribution is -2.48. The minimum atomic E-state index is -5.11. The topological polar surface area (TPSA) is 234 Å². The standard InChI is InChI=1S/C32H48F7N5O12/c1-4-30(33,34)11-15-54-28(51)43-22(24(47)17-20(2)45)9-5-7-14-41-27(50)55-56-29(52)44-23(25(48)42-18-21(3)46)10-6-8-13-40-26(49)53-16-12-31(35,36)19-32(37,38)39/h22-23H,4-19H2,1-3H3,(H,40,49)(H,41,50)(H,42,48)(H,43,51)(H,44,52). The van der Waals surface area contributed by atoms with Gasteiger partial charge in [0.05, 0.1) is 32.2 Å². The lowest BCUT2D eigenvalue weighted by molar-refractivity contribution is -0.190. The first kappa shape index (κ1) is 51.1. The molecule has 0 fully saturated rings. The van der Waals surface area contributed by atoms with Crippen molar-refractivity contribution in [2.24, 2.45) is 0 Å². The van der Waals surface area contributed by atoms with Gasteiger partial charge in [-0.15, -0.1) is 0 Å². The fraction of sp³-hybridized carbons (Fsp3) is 0.750. The van der Waals surface area contributed by atoms with E-state index in [0.29, 0.717) is 0 Å². The molecule has 0 aromatic rings. The predicted molar refractivity (Wildman–Crippen MR) is 177 cm³/mol. The molecule has 0 aromatic heterocycles. The van der Waals surface area contributed by atoms with E-state index in [4.69, 9.17) is 4.74 Å². The summed E-state index contributed by atoms with van der Waals surface area (Å²) in [6, 6.07) is -2.54. The third-order valence-electron chi connectivity index (χ3n) is 7.17. The third kappa shape index (κ3) is 27.6. The van der Waals surface area contributed by atoms with E-state index in [-0.39, 0.29) is 51.6 Å². The van der Waals surface area contributed by atoms with Crippen molar-refractivity contribution >= 4 is 47.6 Å². The molecule has 17 nitrogen and oxygen atoms in total. The Morgan fingerprint density at radius 2 is 1.09 bits per heavy atom. The van der Waals surface area contributed by atoms with Crippen LogP contribution < -0.4 is 26.6 Å². The molecule has 0 rings (SSSR count). The molecule has 2 atom stereocenters. The van der Waals surface area contributed by atoms with E-state index in [1.54, 1.807) is 0 Å². The van der Waals surface area contributed by atoms with Gasteiger partial charge < -0.3 is 36.1 Å². The van der Waals surface area contributed by atoms with Crippen LogP contribution in [-0.2, 0) is 38.4 Å². The average molecular weight is 828 g/mol. The highest BCUT2D eigenvalue weighted by molar-refractivity contribution is 6.01. The summed E-state index contributed by atoms with van der Waals surface area (Å²) in [5.74, 6) is -9.57. The minimum Gasteiger partial charge on any atom is -0.449 e. The first-order valence-corrected chi connectivity index (χ1v) is 17.3. The highest BCUT2D eigenvalue weighted by atomic mass is 19.4. The average Bonchev–Trinajstić information content (AvgIpc) is 3.06. The zero-order chi connectivity index (χ0) is 43.0. The molecule has 2 unspecified atom stereocenters. The van der Waals surface area contributed by atoms with Crippen molar-refractivity contribution in [3.05, 3.63) is 0 Å². The molecule has 0 heterocycles. The smallest absolute Gasteiger partial charge is 0.449 e. The van der Waals surface area contributed by atoms with Crippen molar-refractivity contribution in [1.82, 2.24) is 26.6 Å². The molecule has 0 spiro atoms. The summed E-state index contributed by atoms with van der Waals surface area (Å²) in [7, 11) is 0. The number of unbranched alkanes of at least 4 members (excludes halogenated alkanes) is 2. The minimum absolute atomic E-state index is 0.0228. The molecule has 0 radical (unpaired) electrons. The van der Waals surface area contributed by atoms with Gasteiger partial charge in [0.25, 0.3) is 11.8 Å². The highest BCUT2D eigenvalue weighted by Crippen LogP contribution is 2.33. The number of ether oxygens (including phenoxy) is 2. The Bertz CT molecular complexity index is 1320. The van der Waals surface area contributed by atoms with Gasteiger partial charge >= 0.3 is 30.5 Å². The van der Waals surface area contributed by atoms with Crippen LogP contribution in [-0.4, -0.2) is 111 Å². The van der Waals surface area contributed by atoms with Crippen molar-refractivity contribution < 1.29 is 88.3 Å². The molecule has 0 aliphatic rings. The van der Waals surface area contributed by atoms with Gasteiger partial charge in [-0.1, -0.05) is 6.92 Å². The van der Waals surface area contributed by atoms with E-state index in [2.05, 4.69) is 41.1 Å². The van der Waals surface area contributed by atoms with Gasteiger partial charge in [0.2, 0.25) is 5.91 Å². The number of carbonyl (C=O) groups excluding carboxylic acids is 8. The fourth-order valence-electron chi connectivity index (χ4n) is 4.26. The number of carbonyl (C=O) groups is 8. The Morgan fingerprint density at radius 3 is 1.62 bits per heavy atom. The maximum atomic E-state index is 13.4. The van der Waals surface area contributed by atoms with Gasteiger partial charge in [-0.2, -0.15) is 13.2 Å². The fourth-order valence-corrected chi connectivity index (χ4v) is 4.26. The lowest BCUT2D eigenvalue weighted by Gasteiger charge is -2.18. The van der Waals surface area contributed by atoms with Crippen LogP contribution in [0, 0.1) is 0 Å². The second-order valence-corrected chi connectivity index (χ2v) is 12.4. The summed E-state index contributed by atoms with van der Waals surface area (Å²) >= 11 is 0. The van der Waals surface area contributed by atoms with Crippen molar-refractivity contribution in [2.75, 3.05) is 32.8 Å². The largest absolute Gasteiger partial charge is 0.451 e. The van der Waals surface area contributed by atoms with E-state index >= 15 is 0 Å². The van der Waals surface area contributed by atoms with Gasteiger partial charge in [-0.05, 0) is 52.4 Å². The number of alkyl halides is 7. The Balaban J connectivity index is 4.74. The van der Waals surface area contributed by atoms with Crippen LogP contribution in [0.2, 0.25) is 0 Å². The first-order valence-electron chi connectivity index (χ1n) is 17.3. The van der Waals surface area contributed by atoms with Crippen molar-refractivity contribution in [2.45, 2.75) is 122 Å². The first-order chi connectivity index (χ1) is 25.9. The molecule has 56 heavy (non-hydrogen) atoms. The van der Waals surface area contributed by atoms with Gasteiger partial charge in [0.15, 0.2) is 5.78 Å². The van der Waals surface area contributed by atoms with Crippen LogP contribution in [0.4, 0.5) is 49.9 Å². The van der Waals surface area contributed by atoms with Crippen molar-refractivity contribution in [3.63, 3.8) is 0 Å². The SMILES string of the molecule is CCC(F)(F)CCOC(=O)NC(CCCCNC(=O)OOC(=O)NC(CCCCNC(=O)OCCC(F)(F)CC(F)(F)F)C(=O)NCC(C)=O)C(=O)CC(C)=O. The number of halogens is 7. The highest BCUT2D eigenvalue weighted by Gasteiger charge is 2.43. The van der Waals surface area contributed by atoms with Gasteiger partial charge in [-0.25, -0.2) is 46.5 Å². The monoisotopic (exact) mass is 827 g/mol. The normalized spacial score (nSPS) is 12.6. The van der Waals surface area contributed by atoms with Gasteiger partial charge in [0.1, 0.15) is 24.0 Å². The maximum absolute atomic E-state index is 13.4. The number of nitrogens with one attached hydrogen (secondary N) is 5. The number of alkyl carbamates (subject to hydrolysis) is 2. The summed E-state index contributed by atoms with van der Waals surface area (Å²) in [6.07, 6.45) is -15.1. The van der Waals surface area contributed by atoms with Crippen LogP contribution in [0.5, 0.6) is 0 Å². The van der Waals surface area contributed by atoms with E-state index in [9.17, 15) is 69.1 Å². The molecular weight excluding hydrogens is 779 g/mol. The quantitative estimate of drug-likeness (QED) is 0.0266. The number of Topliss-reactive ketones (excluding diaryl/α,β-unsaturated/α-hetero) is 3. The Kier molecular flexibility index (Phi) is 23.7. The molecule has 0 saturated carbocycles. The van der Waals surface area contributed by atoms with E-state index < -0.39 is 130 Å². The summed E-state index contributed by atoms with van der Waals surface area (Å²) in [5, 5.41) is 11.0. The van der Waals surface area contributed by atoms with Gasteiger partial charge in [-0.3, -0.25) is 19.2 Å². The van der Waals surface area contributed by atoms with Crippen LogP contribution >= 0.6 is 0 Å². The number of hydrogen-bond acceptors (Lipinski definition) is 12. The Morgan fingerprint density at radius 1 is 0.589 bits per heavy atom. The van der Waals surface area contributed by atoms with Crippen molar-refractivity contribution in [3.8, 4) is 0 Å². The lowest BCUT2D eigenvalue weighted by atomic mass is 10.0. The van der Waals surface area contributed by atoms with E-state index in [0.717, 1.165) is 6.92 Å². The predicted octanol–water partition coefficient (Wildman–Crippen LogP) is 4.55. The molecule has 0 bridgehead atoms. The summed E-state index contributed by atoms with van der Waals surface area (Å²) in [6.45, 7) is 1.36. The molecule has 24 heteroatoms. The summed E-state index contributed by atoms with van der Waals surface area (Å²) in [4.78, 5) is 104. The van der Waals surface area contributed by atoms with Crippen molar-refractivity contribution in [1.29, 1.82) is 0 Å². The molecule has 322 valence electrons. The molecule has 0 aliphatic carbocycles. The second kappa shape index (κ2) is 26.0. The molecule has 0 aromatic carbocycles. The molecule has 0 saturated heterocycles. The molecule has 0 aliphatic heterocycles. The zero-order valence-electron chi connectivity index (χ0n) is 31.0. The Labute approximate surface area is 317 Å². The number of hydrogen-bond donors (Lipinski definition) is 5. The Hall–Kier alpha value is -4.93. The zero-order valence-corrected chi connectivity index (χ0v) is 31.0. The molecule has 5 amide bonds. The second-order valence-electron chi connectivity index (χ2n) is 12.4. The molecule has 5 N–H and O–H groups in total. The van der Waals surface area contributed by atoms with Gasteiger partial charge in [0, 0.05) is 32.4 Å².